The number of carbonyl (C=O) groups is 2. The smallest absolute Gasteiger partial charge is 0.307 e. The van der Waals surface area contributed by atoms with Crippen molar-refractivity contribution in [2.75, 3.05) is 4.90 Å². The van der Waals surface area contributed by atoms with Gasteiger partial charge in [-0.2, -0.15) is 0 Å². The molecule has 0 radical (unpaired) electrons. The van der Waals surface area contributed by atoms with E-state index in [1.807, 2.05) is 36.4 Å². The van der Waals surface area contributed by atoms with Crippen LogP contribution in [0, 0.1) is 0 Å². The molecule has 112 valence electrons. The SMILES string of the molecule is O=C(O)CC1Oc2ccccc2N(Cc2ccccc2)C1=O. The van der Waals surface area contributed by atoms with Crippen LogP contribution in [0.2, 0.25) is 0 Å². The molecule has 5 nitrogen and oxygen atoms in total. The van der Waals surface area contributed by atoms with E-state index in [4.69, 9.17) is 9.84 Å². The topological polar surface area (TPSA) is 66.8 Å². The highest BCUT2D eigenvalue weighted by Gasteiger charge is 2.35. The number of rotatable bonds is 4. The first-order chi connectivity index (χ1) is 10.6. The Kier molecular flexibility index (Phi) is 3.78. The van der Waals surface area contributed by atoms with E-state index in [1.165, 1.54) is 0 Å². The summed E-state index contributed by atoms with van der Waals surface area (Å²) in [6.07, 6.45) is -1.34. The van der Waals surface area contributed by atoms with Crippen LogP contribution in [0.3, 0.4) is 0 Å². The molecule has 1 amide bonds. The summed E-state index contributed by atoms with van der Waals surface area (Å²) in [5.74, 6) is -0.855. The standard InChI is InChI=1S/C17H15NO4/c19-16(20)10-15-17(21)18(11-12-6-2-1-3-7-12)13-8-4-5-9-14(13)22-15/h1-9,15H,10-11H2,(H,19,20). The minimum atomic E-state index is -1.06. The molecule has 1 N–H and O–H groups in total. The second-order valence-corrected chi connectivity index (χ2v) is 5.08. The third-order valence-electron chi connectivity index (χ3n) is 3.51. The first kappa shape index (κ1) is 14.1. The Hall–Kier alpha value is -2.82. The van der Waals surface area contributed by atoms with Crippen molar-refractivity contribution in [2.24, 2.45) is 0 Å². The molecule has 3 rings (SSSR count). The van der Waals surface area contributed by atoms with Gasteiger partial charge < -0.3 is 14.7 Å². The molecule has 0 aliphatic carbocycles. The number of hydrogen-bond donors (Lipinski definition) is 1. The first-order valence-corrected chi connectivity index (χ1v) is 6.98. The van der Waals surface area contributed by atoms with E-state index < -0.39 is 12.1 Å². The molecule has 1 atom stereocenters. The van der Waals surface area contributed by atoms with E-state index in [9.17, 15) is 9.59 Å². The van der Waals surface area contributed by atoms with Gasteiger partial charge in [0.25, 0.3) is 5.91 Å². The summed E-state index contributed by atoms with van der Waals surface area (Å²) in [5, 5.41) is 8.96. The van der Waals surface area contributed by atoms with Crippen LogP contribution in [-0.2, 0) is 16.1 Å². The predicted octanol–water partition coefficient (Wildman–Crippen LogP) is 2.46. The van der Waals surface area contributed by atoms with Gasteiger partial charge in [0.05, 0.1) is 18.7 Å². The molecule has 0 spiro atoms. The summed E-state index contributed by atoms with van der Waals surface area (Å²) in [4.78, 5) is 25.1. The lowest BCUT2D eigenvalue weighted by molar-refractivity contribution is -0.142. The Labute approximate surface area is 127 Å². The molecule has 0 aromatic heterocycles. The van der Waals surface area contributed by atoms with Crippen LogP contribution in [0.4, 0.5) is 5.69 Å². The lowest BCUT2D eigenvalue weighted by Crippen LogP contribution is -2.46. The largest absolute Gasteiger partial charge is 0.481 e. The molecule has 1 unspecified atom stereocenters. The zero-order chi connectivity index (χ0) is 15.5. The number of fused-ring (bicyclic) bond motifs is 1. The molecule has 1 heterocycles. The van der Waals surface area contributed by atoms with E-state index in [0.29, 0.717) is 18.0 Å². The van der Waals surface area contributed by atoms with Crippen molar-refractivity contribution in [1.82, 2.24) is 0 Å². The molecule has 2 aromatic rings. The predicted molar refractivity (Wildman–Crippen MR) is 80.7 cm³/mol. The van der Waals surface area contributed by atoms with Gasteiger partial charge in [-0.15, -0.1) is 0 Å². The van der Waals surface area contributed by atoms with E-state index in [0.717, 1.165) is 5.56 Å². The van der Waals surface area contributed by atoms with Crippen LogP contribution >= 0.6 is 0 Å². The zero-order valence-corrected chi connectivity index (χ0v) is 11.8. The maximum Gasteiger partial charge on any atom is 0.307 e. The summed E-state index contributed by atoms with van der Waals surface area (Å²) in [7, 11) is 0. The average Bonchev–Trinajstić information content (AvgIpc) is 2.52. The molecule has 0 fully saturated rings. The third-order valence-corrected chi connectivity index (χ3v) is 3.51. The van der Waals surface area contributed by atoms with Gasteiger partial charge in [0, 0.05) is 0 Å². The maximum absolute atomic E-state index is 12.6. The van der Waals surface area contributed by atoms with Crippen LogP contribution in [-0.4, -0.2) is 23.1 Å². The summed E-state index contributed by atoms with van der Waals surface area (Å²) in [5.41, 5.74) is 1.64. The van der Waals surface area contributed by atoms with E-state index in [-0.39, 0.29) is 12.3 Å². The number of ether oxygens (including phenoxy) is 1. The Morgan fingerprint density at radius 2 is 1.77 bits per heavy atom. The molecule has 0 bridgehead atoms. The number of carbonyl (C=O) groups excluding carboxylic acids is 1. The number of para-hydroxylation sites is 2. The number of carboxylic acid groups (broad SMARTS) is 1. The number of amides is 1. The van der Waals surface area contributed by atoms with Gasteiger partial charge in [-0.25, -0.2) is 0 Å². The fourth-order valence-corrected chi connectivity index (χ4v) is 2.49. The second kappa shape index (κ2) is 5.89. The Balaban J connectivity index is 1.94. The molecular weight excluding hydrogens is 282 g/mol. The van der Waals surface area contributed by atoms with Crippen LogP contribution < -0.4 is 9.64 Å². The molecular formula is C17H15NO4. The third kappa shape index (κ3) is 2.79. The van der Waals surface area contributed by atoms with Crippen molar-refractivity contribution in [3.8, 4) is 5.75 Å². The highest BCUT2D eigenvalue weighted by atomic mass is 16.5. The summed E-state index contributed by atoms with van der Waals surface area (Å²) in [6.45, 7) is 0.385. The van der Waals surface area contributed by atoms with Crippen molar-refractivity contribution in [3.05, 3.63) is 60.2 Å². The number of anilines is 1. The Bertz CT molecular complexity index is 699. The summed E-state index contributed by atoms with van der Waals surface area (Å²) in [6, 6.07) is 16.7. The lowest BCUT2D eigenvalue weighted by Gasteiger charge is -2.34. The lowest BCUT2D eigenvalue weighted by atomic mass is 10.1. The number of benzene rings is 2. The van der Waals surface area contributed by atoms with E-state index in [1.54, 1.807) is 23.1 Å². The van der Waals surface area contributed by atoms with Gasteiger partial charge in [-0.3, -0.25) is 9.59 Å². The molecule has 5 heteroatoms. The maximum atomic E-state index is 12.6. The second-order valence-electron chi connectivity index (χ2n) is 5.08. The van der Waals surface area contributed by atoms with E-state index >= 15 is 0 Å². The van der Waals surface area contributed by atoms with E-state index in [2.05, 4.69) is 0 Å². The van der Waals surface area contributed by atoms with Crippen LogP contribution in [0.5, 0.6) is 5.75 Å². The molecule has 1 aliphatic rings. The van der Waals surface area contributed by atoms with Crippen LogP contribution in [0.25, 0.3) is 0 Å². The minimum absolute atomic E-state index is 0.329. The van der Waals surface area contributed by atoms with Crippen molar-refractivity contribution in [1.29, 1.82) is 0 Å². The fourth-order valence-electron chi connectivity index (χ4n) is 2.49. The van der Waals surface area contributed by atoms with Gasteiger partial charge in [-0.05, 0) is 17.7 Å². The highest BCUT2D eigenvalue weighted by Crippen LogP contribution is 2.35. The first-order valence-electron chi connectivity index (χ1n) is 6.98. The normalized spacial score (nSPS) is 16.8. The number of aliphatic carboxylic acids is 1. The highest BCUT2D eigenvalue weighted by molar-refractivity contribution is 6.01. The molecule has 22 heavy (non-hydrogen) atoms. The Morgan fingerprint density at radius 1 is 1.09 bits per heavy atom. The molecule has 1 aliphatic heterocycles. The van der Waals surface area contributed by atoms with Gasteiger partial charge in [0.15, 0.2) is 6.10 Å². The number of hydrogen-bond acceptors (Lipinski definition) is 3. The average molecular weight is 297 g/mol. The monoisotopic (exact) mass is 297 g/mol. The van der Waals surface area contributed by atoms with Crippen molar-refractivity contribution >= 4 is 17.6 Å². The quantitative estimate of drug-likeness (QED) is 0.941. The number of nitrogens with zero attached hydrogens (tertiary/aromatic N) is 1. The zero-order valence-electron chi connectivity index (χ0n) is 11.8. The van der Waals surface area contributed by atoms with Gasteiger partial charge in [0.2, 0.25) is 0 Å². The molecule has 0 saturated carbocycles. The van der Waals surface area contributed by atoms with Crippen molar-refractivity contribution < 1.29 is 19.4 Å². The summed E-state index contributed by atoms with van der Waals surface area (Å²) >= 11 is 0. The van der Waals surface area contributed by atoms with Gasteiger partial charge >= 0.3 is 5.97 Å². The molecule has 2 aromatic carbocycles. The summed E-state index contributed by atoms with van der Waals surface area (Å²) < 4.78 is 5.55. The molecule has 0 saturated heterocycles. The fraction of sp³-hybridized carbons (Fsp3) is 0.176. The van der Waals surface area contributed by atoms with Crippen LogP contribution in [0.1, 0.15) is 12.0 Å². The minimum Gasteiger partial charge on any atom is -0.481 e. The van der Waals surface area contributed by atoms with Gasteiger partial charge in [0.1, 0.15) is 5.75 Å². The Morgan fingerprint density at radius 3 is 2.50 bits per heavy atom. The van der Waals surface area contributed by atoms with Crippen molar-refractivity contribution in [2.45, 2.75) is 19.1 Å². The van der Waals surface area contributed by atoms with Crippen molar-refractivity contribution in [3.63, 3.8) is 0 Å². The number of carboxylic acids is 1. The van der Waals surface area contributed by atoms with Gasteiger partial charge in [-0.1, -0.05) is 42.5 Å². The van der Waals surface area contributed by atoms with Crippen LogP contribution in [0.15, 0.2) is 54.6 Å².